The molecule has 5 rings (SSSR count). The fraction of sp³-hybridized carbons (Fsp3) is 0. The molecule has 0 aromatic heterocycles. The molecule has 0 saturated heterocycles. The number of nitrogens with zero attached hydrogens (tertiary/aromatic N) is 5. The molecule has 0 unspecified atom stereocenters. The highest BCUT2D eigenvalue weighted by Crippen LogP contribution is 2.44. The van der Waals surface area contributed by atoms with Gasteiger partial charge in [0.05, 0.1) is 32.6 Å². The fourth-order valence-corrected chi connectivity index (χ4v) is 6.19. The number of nitro groups is 1. The third-order valence-electron chi connectivity index (χ3n) is 6.57. The van der Waals surface area contributed by atoms with Crippen molar-refractivity contribution < 1.29 is 48.9 Å². The van der Waals surface area contributed by atoms with E-state index in [-0.39, 0.29) is 44.3 Å². The van der Waals surface area contributed by atoms with Crippen LogP contribution in [0.3, 0.4) is 0 Å². The van der Waals surface area contributed by atoms with Crippen molar-refractivity contribution >= 4 is 86.0 Å². The summed E-state index contributed by atoms with van der Waals surface area (Å²) in [5, 5.41) is 37.4. The van der Waals surface area contributed by atoms with Crippen LogP contribution in [-0.2, 0) is 30.4 Å². The normalized spacial score (nSPS) is 12.8. The molecule has 0 aliphatic heterocycles. The molecule has 0 amide bonds. The molecule has 0 radical (unpaired) electrons. The smallest absolute Gasteiger partial charge is 0.296 e. The molecule has 0 aliphatic rings. The number of phenolic OH excluding ortho intramolecular Hbond substituents is 1. The van der Waals surface area contributed by atoms with E-state index in [0.717, 1.165) is 30.3 Å². The van der Waals surface area contributed by atoms with Crippen molar-refractivity contribution in [2.24, 2.45) is 20.5 Å². The van der Waals surface area contributed by atoms with Gasteiger partial charge in [0.25, 0.3) is 36.0 Å². The molecule has 5 aromatic carbocycles. The van der Waals surface area contributed by atoms with Crippen molar-refractivity contribution in [1.82, 2.24) is 0 Å². The molecule has 0 bridgehead atoms. The van der Waals surface area contributed by atoms with Crippen molar-refractivity contribution in [3.8, 4) is 5.75 Å². The minimum Gasteiger partial charge on any atom is -0.505 e. The van der Waals surface area contributed by atoms with E-state index < -0.39 is 67.1 Å². The van der Waals surface area contributed by atoms with Crippen LogP contribution in [0.5, 0.6) is 5.75 Å². The number of fused-ring (bicyclic) bond motifs is 2. The van der Waals surface area contributed by atoms with Crippen LogP contribution >= 0.6 is 0 Å². The highest BCUT2D eigenvalue weighted by Gasteiger charge is 2.25. The summed E-state index contributed by atoms with van der Waals surface area (Å²) in [7, 11) is -14.8. The molecule has 21 heteroatoms. The SMILES string of the molecule is Nc1cc2c(O)c(N=Nc3ccc(N=Nc4ccc([N+](=O)[O-])cc4)c4ccc(S(=O)(=O)O)cc34)c(S(=O)(=O)O)cc2cc1S(=O)(=O)O. The molecule has 0 fully saturated rings. The average Bonchev–Trinajstić information content (AvgIpc) is 2.98. The average molecular weight is 703 g/mol. The molecule has 47 heavy (non-hydrogen) atoms. The second-order valence-corrected chi connectivity index (χ2v) is 13.8. The number of non-ortho nitro benzene ring substituents is 1. The number of phenols is 1. The number of nitro benzene ring substituents is 1. The van der Waals surface area contributed by atoms with Gasteiger partial charge in [-0.2, -0.15) is 30.4 Å². The van der Waals surface area contributed by atoms with Gasteiger partial charge in [-0.1, -0.05) is 6.07 Å². The Morgan fingerprint density at radius 1 is 0.638 bits per heavy atom. The minimum atomic E-state index is -5.16. The van der Waals surface area contributed by atoms with Gasteiger partial charge in [0.1, 0.15) is 15.5 Å². The molecule has 0 atom stereocenters. The van der Waals surface area contributed by atoms with Crippen LogP contribution in [0.15, 0.2) is 108 Å². The lowest BCUT2D eigenvalue weighted by molar-refractivity contribution is -0.384. The first-order chi connectivity index (χ1) is 21.8. The van der Waals surface area contributed by atoms with Gasteiger partial charge in [0.2, 0.25) is 0 Å². The first-order valence-corrected chi connectivity index (χ1v) is 16.8. The quantitative estimate of drug-likeness (QED) is 0.0423. The summed E-state index contributed by atoms with van der Waals surface area (Å²) >= 11 is 0. The zero-order valence-electron chi connectivity index (χ0n) is 23.0. The van der Waals surface area contributed by atoms with E-state index in [1.54, 1.807) is 0 Å². The van der Waals surface area contributed by atoms with E-state index in [2.05, 4.69) is 20.5 Å². The lowest BCUT2D eigenvalue weighted by atomic mass is 10.1. The van der Waals surface area contributed by atoms with Crippen LogP contribution in [0, 0.1) is 10.1 Å². The topological polar surface area (TPSA) is 302 Å². The van der Waals surface area contributed by atoms with Crippen molar-refractivity contribution in [3.05, 3.63) is 82.9 Å². The molecule has 5 aromatic rings. The number of benzene rings is 5. The number of nitrogen functional groups attached to an aromatic ring is 1. The van der Waals surface area contributed by atoms with Crippen LogP contribution in [0.25, 0.3) is 21.5 Å². The van der Waals surface area contributed by atoms with E-state index >= 15 is 0 Å². The summed E-state index contributed by atoms with van der Waals surface area (Å²) in [6.07, 6.45) is 0. The highest BCUT2D eigenvalue weighted by atomic mass is 32.2. The van der Waals surface area contributed by atoms with Gasteiger partial charge < -0.3 is 10.8 Å². The van der Waals surface area contributed by atoms with E-state index in [1.165, 1.54) is 42.5 Å². The van der Waals surface area contributed by atoms with Gasteiger partial charge in [0, 0.05) is 28.3 Å². The number of hydrogen-bond acceptors (Lipinski definition) is 14. The molecular formula is C26H18N6O12S3. The summed E-state index contributed by atoms with van der Waals surface area (Å²) < 4.78 is 101. The largest absolute Gasteiger partial charge is 0.505 e. The molecular weight excluding hydrogens is 685 g/mol. The lowest BCUT2D eigenvalue weighted by Gasteiger charge is -2.11. The Hall–Kier alpha value is -5.45. The molecule has 6 N–H and O–H groups in total. The van der Waals surface area contributed by atoms with Crippen LogP contribution in [0.1, 0.15) is 0 Å². The van der Waals surface area contributed by atoms with Gasteiger partial charge in [-0.15, -0.1) is 15.3 Å². The monoisotopic (exact) mass is 702 g/mol. The summed E-state index contributed by atoms with van der Waals surface area (Å²) in [5.74, 6) is -0.913. The second-order valence-electron chi connectivity index (χ2n) is 9.59. The highest BCUT2D eigenvalue weighted by molar-refractivity contribution is 7.86. The van der Waals surface area contributed by atoms with Gasteiger partial charge in [-0.3, -0.25) is 23.8 Å². The van der Waals surface area contributed by atoms with Crippen molar-refractivity contribution in [2.75, 3.05) is 5.73 Å². The van der Waals surface area contributed by atoms with E-state index in [1.807, 2.05) is 0 Å². The first kappa shape index (κ1) is 32.9. The molecule has 0 saturated carbocycles. The van der Waals surface area contributed by atoms with Crippen LogP contribution in [-0.4, -0.2) is 48.9 Å². The Kier molecular flexibility index (Phi) is 8.21. The van der Waals surface area contributed by atoms with Crippen molar-refractivity contribution in [2.45, 2.75) is 14.7 Å². The summed E-state index contributed by atoms with van der Waals surface area (Å²) in [4.78, 5) is 7.92. The number of anilines is 1. The standard InChI is InChI=1S/C26H18N6O12S3/c27-20-12-18-13(9-23(20)46(39,40)41)10-24(47(42,43)44)25(26(18)33)31-30-22-8-7-21(17-6-5-16(11-19(17)22)45(36,37)38)29-28-14-1-3-15(4-2-14)32(34)35/h1-12,33H,27H2,(H,36,37,38)(H,39,40,41)(H,42,43,44). The Balaban J connectivity index is 1.69. The number of hydrogen-bond donors (Lipinski definition) is 5. The number of aromatic hydroxyl groups is 1. The van der Waals surface area contributed by atoms with Gasteiger partial charge in [-0.05, 0) is 60.0 Å². The summed E-state index contributed by atoms with van der Waals surface area (Å²) in [5.41, 5.74) is 4.41. The molecule has 0 heterocycles. The number of azo groups is 2. The van der Waals surface area contributed by atoms with Gasteiger partial charge >= 0.3 is 0 Å². The Labute approximate surface area is 263 Å². The molecule has 0 aliphatic carbocycles. The maximum Gasteiger partial charge on any atom is 0.296 e. The Bertz CT molecular complexity index is 2540. The minimum absolute atomic E-state index is 0.0141. The van der Waals surface area contributed by atoms with Crippen LogP contribution in [0.4, 0.5) is 34.1 Å². The molecule has 0 spiro atoms. The van der Waals surface area contributed by atoms with Gasteiger partial charge in [-0.25, -0.2) is 0 Å². The van der Waals surface area contributed by atoms with Crippen molar-refractivity contribution in [1.29, 1.82) is 0 Å². The number of nitrogens with two attached hydrogens (primary N) is 1. The van der Waals surface area contributed by atoms with E-state index in [9.17, 15) is 54.1 Å². The third kappa shape index (κ3) is 6.74. The summed E-state index contributed by atoms with van der Waals surface area (Å²) in [6.45, 7) is 0. The predicted molar refractivity (Wildman–Crippen MR) is 165 cm³/mol. The van der Waals surface area contributed by atoms with Crippen LogP contribution < -0.4 is 5.73 Å². The molecule has 242 valence electrons. The number of rotatable bonds is 8. The Morgan fingerprint density at radius 3 is 1.79 bits per heavy atom. The first-order valence-electron chi connectivity index (χ1n) is 12.5. The Morgan fingerprint density at radius 2 is 1.21 bits per heavy atom. The lowest BCUT2D eigenvalue weighted by Crippen LogP contribution is -2.04. The zero-order valence-corrected chi connectivity index (χ0v) is 25.5. The van der Waals surface area contributed by atoms with E-state index in [4.69, 9.17) is 5.73 Å². The zero-order chi connectivity index (χ0) is 34.5. The van der Waals surface area contributed by atoms with Crippen molar-refractivity contribution in [3.63, 3.8) is 0 Å². The maximum atomic E-state index is 12.3. The third-order valence-corrected chi connectivity index (χ3v) is 9.19. The molecule has 18 nitrogen and oxygen atoms in total. The van der Waals surface area contributed by atoms with Gasteiger partial charge in [0.15, 0.2) is 5.75 Å². The summed E-state index contributed by atoms with van der Waals surface area (Å²) in [6, 6.07) is 13.5. The van der Waals surface area contributed by atoms with Crippen LogP contribution in [0.2, 0.25) is 0 Å². The predicted octanol–water partition coefficient (Wildman–Crippen LogP) is 5.76. The van der Waals surface area contributed by atoms with E-state index in [0.29, 0.717) is 0 Å². The fourth-order valence-electron chi connectivity index (χ4n) is 4.39. The maximum absolute atomic E-state index is 12.3. The second kappa shape index (κ2) is 11.7.